The maximum Gasteiger partial charge on any atom is 0.258 e. The first-order valence-electron chi connectivity index (χ1n) is 10.9. The minimum atomic E-state index is -0.942. The monoisotopic (exact) mass is 422 g/mol. The lowest BCUT2D eigenvalue weighted by molar-refractivity contribution is 0.387. The summed E-state index contributed by atoms with van der Waals surface area (Å²) in [5.74, 6) is 1.52. The van der Waals surface area contributed by atoms with E-state index in [4.69, 9.17) is 10.1 Å². The second-order valence-electron chi connectivity index (χ2n) is 8.68. The highest BCUT2D eigenvalue weighted by Crippen LogP contribution is 2.48. The first-order chi connectivity index (χ1) is 15.6. The molecule has 0 spiro atoms. The van der Waals surface area contributed by atoms with Crippen molar-refractivity contribution in [2.45, 2.75) is 37.6 Å². The van der Waals surface area contributed by atoms with Gasteiger partial charge < -0.3 is 9.88 Å². The lowest BCUT2D eigenvalue weighted by atomic mass is 9.72. The van der Waals surface area contributed by atoms with Crippen LogP contribution in [-0.2, 0) is 11.8 Å². The Bertz CT molecular complexity index is 1450. The van der Waals surface area contributed by atoms with Crippen molar-refractivity contribution in [2.75, 3.05) is 11.4 Å². The van der Waals surface area contributed by atoms with Crippen LogP contribution in [0.5, 0.6) is 0 Å². The van der Waals surface area contributed by atoms with Gasteiger partial charge in [0, 0.05) is 18.5 Å². The summed E-state index contributed by atoms with van der Waals surface area (Å²) < 4.78 is 2.00. The maximum atomic E-state index is 12.9. The summed E-state index contributed by atoms with van der Waals surface area (Å²) >= 11 is 0. The van der Waals surface area contributed by atoms with E-state index in [0.717, 1.165) is 42.1 Å². The molecule has 2 atom stereocenters. The molecule has 2 aliphatic heterocycles. The molecule has 158 valence electrons. The summed E-state index contributed by atoms with van der Waals surface area (Å²) in [5.41, 5.74) is 2.42. The molecule has 2 aromatic carbocycles. The Balaban J connectivity index is 1.58. The normalized spacial score (nSPS) is 21.9. The summed E-state index contributed by atoms with van der Waals surface area (Å²) in [4.78, 5) is 22.9. The van der Waals surface area contributed by atoms with Gasteiger partial charge in [0.1, 0.15) is 17.1 Å². The standard InChI is InChI=1S/C25H22N6O/c1-16-19-14-25(15-26,24-27-20-11-6-5-10-18(20)22(32)28-24)21-12-7-13-30(21)23(19)31(29-16)17-8-3-2-4-9-17/h2-6,8-11,21H,7,12-14H2,1H3,(H,27,28,32)/t21-,25+/m1/s1. The molecule has 0 aliphatic carbocycles. The quantitative estimate of drug-likeness (QED) is 0.535. The molecule has 2 aromatic heterocycles. The Morgan fingerprint density at radius 3 is 2.75 bits per heavy atom. The first kappa shape index (κ1) is 18.8. The van der Waals surface area contributed by atoms with Gasteiger partial charge in [0.25, 0.3) is 5.56 Å². The van der Waals surface area contributed by atoms with Gasteiger partial charge in [-0.25, -0.2) is 9.67 Å². The Morgan fingerprint density at radius 2 is 1.94 bits per heavy atom. The Morgan fingerprint density at radius 1 is 1.16 bits per heavy atom. The van der Waals surface area contributed by atoms with Crippen molar-refractivity contribution in [1.82, 2.24) is 19.7 Å². The molecule has 0 radical (unpaired) electrons. The minimum absolute atomic E-state index is 0.0807. The number of fused-ring (bicyclic) bond motifs is 4. The zero-order valence-corrected chi connectivity index (χ0v) is 17.7. The average molecular weight is 422 g/mol. The van der Waals surface area contributed by atoms with Crippen LogP contribution in [-0.4, -0.2) is 32.3 Å². The molecule has 1 N–H and O–H groups in total. The molecule has 0 amide bonds. The van der Waals surface area contributed by atoms with Crippen molar-refractivity contribution in [3.8, 4) is 11.8 Å². The summed E-state index contributed by atoms with van der Waals surface area (Å²) in [7, 11) is 0. The second-order valence-corrected chi connectivity index (χ2v) is 8.68. The van der Waals surface area contributed by atoms with Gasteiger partial charge in [-0.15, -0.1) is 0 Å². The number of H-pyrrole nitrogens is 1. The van der Waals surface area contributed by atoms with E-state index in [1.165, 1.54) is 0 Å². The Hall–Kier alpha value is -3.92. The SMILES string of the molecule is Cc1nn(-c2ccccc2)c2c1C[C@@](C#N)(c1nc3ccccc3c(=O)[nH]1)[C@H]1CCCN21. The zero-order valence-electron chi connectivity index (χ0n) is 17.7. The number of aromatic amines is 1. The van der Waals surface area contributed by atoms with Crippen LogP contribution >= 0.6 is 0 Å². The number of para-hydroxylation sites is 2. The summed E-state index contributed by atoms with van der Waals surface area (Å²) in [6.07, 6.45) is 2.31. The number of nitrogens with zero attached hydrogens (tertiary/aromatic N) is 5. The van der Waals surface area contributed by atoms with Crippen molar-refractivity contribution in [1.29, 1.82) is 5.26 Å². The molecule has 0 saturated carbocycles. The van der Waals surface area contributed by atoms with Gasteiger partial charge in [-0.2, -0.15) is 10.4 Å². The average Bonchev–Trinajstić information content (AvgIpc) is 3.44. The van der Waals surface area contributed by atoms with Crippen molar-refractivity contribution < 1.29 is 0 Å². The molecule has 1 fully saturated rings. The summed E-state index contributed by atoms with van der Waals surface area (Å²) in [6, 6.07) is 19.9. The van der Waals surface area contributed by atoms with Crippen molar-refractivity contribution in [3.05, 3.63) is 82.0 Å². The molecule has 4 heterocycles. The number of aromatic nitrogens is 4. The number of hydrogen-bond acceptors (Lipinski definition) is 5. The molecule has 7 heteroatoms. The lowest BCUT2D eigenvalue weighted by Gasteiger charge is -2.43. The molecular weight excluding hydrogens is 400 g/mol. The highest BCUT2D eigenvalue weighted by molar-refractivity contribution is 5.77. The minimum Gasteiger partial charge on any atom is -0.351 e. The fourth-order valence-corrected chi connectivity index (χ4v) is 5.43. The lowest BCUT2D eigenvalue weighted by Crippen LogP contribution is -2.53. The van der Waals surface area contributed by atoms with Crippen molar-refractivity contribution in [3.63, 3.8) is 0 Å². The molecule has 2 aliphatic rings. The van der Waals surface area contributed by atoms with Gasteiger partial charge in [-0.1, -0.05) is 30.3 Å². The molecule has 1 saturated heterocycles. The summed E-state index contributed by atoms with van der Waals surface area (Å²) in [6.45, 7) is 2.84. The topological polar surface area (TPSA) is 90.6 Å². The fourth-order valence-electron chi connectivity index (χ4n) is 5.43. The van der Waals surface area contributed by atoms with Gasteiger partial charge in [0.05, 0.1) is 34.4 Å². The van der Waals surface area contributed by atoms with E-state index < -0.39 is 5.41 Å². The molecule has 4 aromatic rings. The predicted molar refractivity (Wildman–Crippen MR) is 122 cm³/mol. The van der Waals surface area contributed by atoms with E-state index in [1.807, 2.05) is 60.1 Å². The number of rotatable bonds is 2. The Labute approximate surface area is 184 Å². The largest absolute Gasteiger partial charge is 0.351 e. The number of nitriles is 1. The number of aryl methyl sites for hydroxylation is 1. The smallest absolute Gasteiger partial charge is 0.258 e. The van der Waals surface area contributed by atoms with Crippen LogP contribution in [0.4, 0.5) is 5.82 Å². The predicted octanol–water partition coefficient (Wildman–Crippen LogP) is 3.40. The zero-order chi connectivity index (χ0) is 21.9. The molecular formula is C25H22N6O. The van der Waals surface area contributed by atoms with Crippen LogP contribution in [0, 0.1) is 18.3 Å². The van der Waals surface area contributed by atoms with Crippen molar-refractivity contribution >= 4 is 16.7 Å². The van der Waals surface area contributed by atoms with E-state index in [2.05, 4.69) is 16.0 Å². The van der Waals surface area contributed by atoms with E-state index in [9.17, 15) is 10.1 Å². The highest BCUT2D eigenvalue weighted by atomic mass is 16.1. The molecule has 0 bridgehead atoms. The van der Waals surface area contributed by atoms with Gasteiger partial charge in [0.2, 0.25) is 0 Å². The number of hydrogen-bond donors (Lipinski definition) is 1. The van der Waals surface area contributed by atoms with E-state index in [1.54, 1.807) is 6.07 Å². The third-order valence-corrected chi connectivity index (χ3v) is 6.94. The number of nitrogens with one attached hydrogen (secondary N) is 1. The van der Waals surface area contributed by atoms with Gasteiger partial charge in [-0.3, -0.25) is 4.79 Å². The Kier molecular flexibility index (Phi) is 3.99. The maximum absolute atomic E-state index is 12.9. The third kappa shape index (κ3) is 2.50. The highest BCUT2D eigenvalue weighted by Gasteiger charge is 2.53. The molecule has 7 nitrogen and oxygen atoms in total. The first-order valence-corrected chi connectivity index (χ1v) is 10.9. The van der Waals surface area contributed by atoms with Gasteiger partial charge >= 0.3 is 0 Å². The van der Waals surface area contributed by atoms with E-state index in [-0.39, 0.29) is 11.6 Å². The molecule has 0 unspecified atom stereocenters. The van der Waals surface area contributed by atoms with Gasteiger partial charge in [0.15, 0.2) is 0 Å². The van der Waals surface area contributed by atoms with Gasteiger partial charge in [-0.05, 0) is 44.0 Å². The summed E-state index contributed by atoms with van der Waals surface area (Å²) in [5, 5.41) is 16.0. The van der Waals surface area contributed by atoms with Crippen LogP contribution in [0.15, 0.2) is 59.4 Å². The van der Waals surface area contributed by atoms with Crippen LogP contribution in [0.1, 0.15) is 29.9 Å². The van der Waals surface area contributed by atoms with Crippen LogP contribution < -0.4 is 10.5 Å². The fraction of sp³-hybridized carbons (Fsp3) is 0.280. The van der Waals surface area contributed by atoms with Crippen molar-refractivity contribution in [2.24, 2.45) is 0 Å². The van der Waals surface area contributed by atoms with E-state index in [0.29, 0.717) is 23.1 Å². The number of benzene rings is 2. The third-order valence-electron chi connectivity index (χ3n) is 6.94. The second kappa shape index (κ2) is 6.79. The molecule has 6 rings (SSSR count). The molecule has 32 heavy (non-hydrogen) atoms. The van der Waals surface area contributed by atoms with E-state index >= 15 is 0 Å². The van der Waals surface area contributed by atoms with Crippen LogP contribution in [0.3, 0.4) is 0 Å². The number of anilines is 1. The van der Waals surface area contributed by atoms with Crippen LogP contribution in [0.25, 0.3) is 16.6 Å². The van der Waals surface area contributed by atoms with Crippen LogP contribution in [0.2, 0.25) is 0 Å².